The molecule has 0 amide bonds. The van der Waals surface area contributed by atoms with Gasteiger partial charge in [0.05, 0.1) is 0 Å². The molecular formula is C13H14N2O. The number of hydrogen-bond acceptors (Lipinski definition) is 3. The van der Waals surface area contributed by atoms with Gasteiger partial charge in [0, 0.05) is 29.8 Å². The Morgan fingerprint density at radius 1 is 1.31 bits per heavy atom. The first-order valence-electron chi connectivity index (χ1n) is 5.53. The molecule has 0 aromatic heterocycles. The molecule has 3 N–H and O–H groups in total. The van der Waals surface area contributed by atoms with E-state index in [1.165, 1.54) is 5.56 Å². The summed E-state index contributed by atoms with van der Waals surface area (Å²) in [7, 11) is 0. The first-order chi connectivity index (χ1) is 7.72. The number of ether oxygens (including phenoxy) is 1. The number of fused-ring (bicyclic) bond motifs is 2. The van der Waals surface area contributed by atoms with Gasteiger partial charge in [0.1, 0.15) is 11.9 Å². The number of hydrogen-bond donors (Lipinski definition) is 2. The van der Waals surface area contributed by atoms with Crippen LogP contribution in [0.4, 0.5) is 5.69 Å². The summed E-state index contributed by atoms with van der Waals surface area (Å²) in [5.41, 5.74) is 8.34. The molecule has 0 saturated carbocycles. The zero-order valence-electron chi connectivity index (χ0n) is 8.94. The third kappa shape index (κ3) is 1.48. The Morgan fingerprint density at radius 2 is 2.19 bits per heavy atom. The van der Waals surface area contributed by atoms with Crippen molar-refractivity contribution in [2.75, 3.05) is 5.73 Å². The Morgan fingerprint density at radius 3 is 3.06 bits per heavy atom. The third-order valence-electron chi connectivity index (χ3n) is 3.27. The second-order valence-electron chi connectivity index (χ2n) is 4.48. The van der Waals surface area contributed by atoms with E-state index in [1.807, 2.05) is 24.3 Å². The summed E-state index contributed by atoms with van der Waals surface area (Å²) in [6, 6.07) is 5.83. The maximum atomic E-state index is 7.65. The molecule has 82 valence electrons. The number of nitrogen functional groups attached to an aromatic ring is 1. The van der Waals surface area contributed by atoms with Crippen LogP contribution in [0.25, 0.3) is 0 Å². The summed E-state index contributed by atoms with van der Waals surface area (Å²) < 4.78 is 5.92. The summed E-state index contributed by atoms with van der Waals surface area (Å²) in [5, 5.41) is 7.65. The molecule has 16 heavy (non-hydrogen) atoms. The fraction of sp³-hybridized carbons (Fsp3) is 0.308. The van der Waals surface area contributed by atoms with E-state index >= 15 is 0 Å². The molecule has 2 aliphatic rings. The molecule has 3 heteroatoms. The van der Waals surface area contributed by atoms with Crippen LogP contribution in [0.15, 0.2) is 30.4 Å². The van der Waals surface area contributed by atoms with Crippen molar-refractivity contribution in [1.29, 1.82) is 5.41 Å². The van der Waals surface area contributed by atoms with Crippen molar-refractivity contribution in [2.45, 2.75) is 18.9 Å². The van der Waals surface area contributed by atoms with Crippen LogP contribution in [-0.2, 0) is 6.42 Å². The SMILES string of the molecule is N=C1C=CC2Cc3ccc(N)cc3OC2C1. The predicted octanol–water partition coefficient (Wildman–Crippen LogP) is 2.17. The average Bonchev–Trinajstić information content (AvgIpc) is 2.26. The third-order valence-corrected chi connectivity index (χ3v) is 3.27. The molecule has 0 bridgehead atoms. The van der Waals surface area contributed by atoms with Gasteiger partial charge < -0.3 is 15.9 Å². The molecular weight excluding hydrogens is 200 g/mol. The fourth-order valence-corrected chi connectivity index (χ4v) is 2.39. The van der Waals surface area contributed by atoms with Crippen molar-refractivity contribution >= 4 is 11.4 Å². The molecule has 1 heterocycles. The molecule has 0 saturated heterocycles. The van der Waals surface area contributed by atoms with Gasteiger partial charge in [-0.3, -0.25) is 0 Å². The summed E-state index contributed by atoms with van der Waals surface area (Å²) in [6.07, 6.45) is 5.80. The van der Waals surface area contributed by atoms with Gasteiger partial charge in [0.15, 0.2) is 0 Å². The van der Waals surface area contributed by atoms with E-state index in [0.29, 0.717) is 18.1 Å². The minimum Gasteiger partial charge on any atom is -0.489 e. The van der Waals surface area contributed by atoms with E-state index in [0.717, 1.165) is 17.9 Å². The summed E-state index contributed by atoms with van der Waals surface area (Å²) >= 11 is 0. The van der Waals surface area contributed by atoms with Crippen LogP contribution in [-0.4, -0.2) is 11.8 Å². The van der Waals surface area contributed by atoms with Crippen molar-refractivity contribution in [3.05, 3.63) is 35.9 Å². The van der Waals surface area contributed by atoms with E-state index in [1.54, 1.807) is 0 Å². The van der Waals surface area contributed by atoms with Crippen LogP contribution in [0.2, 0.25) is 0 Å². The molecule has 1 aromatic carbocycles. The lowest BCUT2D eigenvalue weighted by Crippen LogP contribution is -2.35. The zero-order valence-corrected chi connectivity index (χ0v) is 8.94. The van der Waals surface area contributed by atoms with E-state index < -0.39 is 0 Å². The van der Waals surface area contributed by atoms with Crippen LogP contribution >= 0.6 is 0 Å². The quantitative estimate of drug-likeness (QED) is 0.650. The molecule has 0 spiro atoms. The summed E-state index contributed by atoms with van der Waals surface area (Å²) in [4.78, 5) is 0. The Balaban J connectivity index is 1.96. The molecule has 0 radical (unpaired) electrons. The monoisotopic (exact) mass is 214 g/mol. The molecule has 1 aliphatic heterocycles. The molecule has 2 atom stereocenters. The van der Waals surface area contributed by atoms with Crippen LogP contribution in [0.5, 0.6) is 5.75 Å². The molecule has 3 nitrogen and oxygen atoms in total. The Kier molecular flexibility index (Phi) is 1.99. The first kappa shape index (κ1) is 9.46. The number of allylic oxidation sites excluding steroid dienone is 1. The van der Waals surface area contributed by atoms with E-state index in [2.05, 4.69) is 6.08 Å². The van der Waals surface area contributed by atoms with Crippen molar-refractivity contribution in [1.82, 2.24) is 0 Å². The van der Waals surface area contributed by atoms with Crippen molar-refractivity contribution in [3.8, 4) is 5.75 Å². The highest BCUT2D eigenvalue weighted by Crippen LogP contribution is 2.35. The average molecular weight is 214 g/mol. The summed E-state index contributed by atoms with van der Waals surface area (Å²) in [5.74, 6) is 1.30. The highest BCUT2D eigenvalue weighted by atomic mass is 16.5. The van der Waals surface area contributed by atoms with Crippen LogP contribution in [0, 0.1) is 11.3 Å². The second kappa shape index (κ2) is 3.37. The van der Waals surface area contributed by atoms with Gasteiger partial charge in [-0.2, -0.15) is 0 Å². The molecule has 1 aromatic rings. The minimum atomic E-state index is 0.117. The number of nitrogens with one attached hydrogen (secondary N) is 1. The maximum Gasteiger partial charge on any atom is 0.125 e. The number of benzene rings is 1. The standard InChI is InChI=1S/C13H14N2O/c14-10-3-1-8-5-9-2-4-11(15)7-13(9)16-12(8)6-10/h1-4,6,9,13,15H,5,7,14H2. The first-order valence-corrected chi connectivity index (χ1v) is 5.53. The fourth-order valence-electron chi connectivity index (χ4n) is 2.39. The van der Waals surface area contributed by atoms with Crippen LogP contribution in [0.3, 0.4) is 0 Å². The maximum absolute atomic E-state index is 7.65. The molecule has 0 fully saturated rings. The smallest absolute Gasteiger partial charge is 0.125 e. The normalized spacial score (nSPS) is 26.9. The van der Waals surface area contributed by atoms with Crippen molar-refractivity contribution in [2.24, 2.45) is 5.92 Å². The van der Waals surface area contributed by atoms with Gasteiger partial charge in [-0.1, -0.05) is 12.1 Å². The van der Waals surface area contributed by atoms with Gasteiger partial charge in [-0.25, -0.2) is 0 Å². The zero-order chi connectivity index (χ0) is 11.1. The molecule has 3 rings (SSSR count). The van der Waals surface area contributed by atoms with Crippen molar-refractivity contribution in [3.63, 3.8) is 0 Å². The Bertz CT molecular complexity index is 479. The van der Waals surface area contributed by atoms with E-state index in [9.17, 15) is 0 Å². The molecule has 2 unspecified atom stereocenters. The molecule has 1 aliphatic carbocycles. The Labute approximate surface area is 94.4 Å². The number of nitrogens with two attached hydrogens (primary N) is 1. The number of rotatable bonds is 0. The van der Waals surface area contributed by atoms with E-state index in [4.69, 9.17) is 15.9 Å². The summed E-state index contributed by atoms with van der Waals surface area (Å²) in [6.45, 7) is 0. The highest BCUT2D eigenvalue weighted by Gasteiger charge is 2.31. The van der Waals surface area contributed by atoms with Crippen LogP contribution in [0.1, 0.15) is 12.0 Å². The largest absolute Gasteiger partial charge is 0.489 e. The van der Waals surface area contributed by atoms with Gasteiger partial charge in [-0.05, 0) is 24.1 Å². The topological polar surface area (TPSA) is 59.1 Å². The lowest BCUT2D eigenvalue weighted by atomic mass is 9.84. The van der Waals surface area contributed by atoms with Crippen LogP contribution < -0.4 is 10.5 Å². The van der Waals surface area contributed by atoms with Gasteiger partial charge in [0.25, 0.3) is 0 Å². The van der Waals surface area contributed by atoms with Gasteiger partial charge in [-0.15, -0.1) is 0 Å². The highest BCUT2D eigenvalue weighted by molar-refractivity contribution is 5.93. The Hall–Kier alpha value is -1.77. The lowest BCUT2D eigenvalue weighted by Gasteiger charge is -2.34. The van der Waals surface area contributed by atoms with Gasteiger partial charge >= 0.3 is 0 Å². The van der Waals surface area contributed by atoms with Crippen molar-refractivity contribution < 1.29 is 4.74 Å². The number of anilines is 1. The minimum absolute atomic E-state index is 0.117. The van der Waals surface area contributed by atoms with E-state index in [-0.39, 0.29) is 6.10 Å². The second-order valence-corrected chi connectivity index (χ2v) is 4.48. The predicted molar refractivity (Wildman–Crippen MR) is 63.9 cm³/mol. The lowest BCUT2D eigenvalue weighted by molar-refractivity contribution is 0.141. The van der Waals surface area contributed by atoms with Gasteiger partial charge in [0.2, 0.25) is 0 Å².